The molecule has 0 saturated carbocycles. The Bertz CT molecular complexity index is 1140. The first-order chi connectivity index (χ1) is 14.5. The molecule has 0 radical (unpaired) electrons. The summed E-state index contributed by atoms with van der Waals surface area (Å²) < 4.78 is 11.2. The first-order valence-electron chi connectivity index (χ1n) is 10.1. The summed E-state index contributed by atoms with van der Waals surface area (Å²) in [5.41, 5.74) is 4.54. The highest BCUT2D eigenvalue weighted by molar-refractivity contribution is 6.10. The summed E-state index contributed by atoms with van der Waals surface area (Å²) in [5.74, 6) is 0.904. The highest BCUT2D eigenvalue weighted by Crippen LogP contribution is 2.43. The second-order valence-electron chi connectivity index (χ2n) is 7.73. The number of hydrogen-bond donors (Lipinski definition) is 0. The molecule has 2 aromatic carbocycles. The molecule has 1 aromatic heterocycles. The number of anilines is 2. The van der Waals surface area contributed by atoms with Crippen molar-refractivity contribution in [3.8, 4) is 16.9 Å². The minimum atomic E-state index is -0.219. The third-order valence-corrected chi connectivity index (χ3v) is 5.76. The fraction of sp³-hybridized carbons (Fsp3) is 0.250. The number of carbonyl (C=O) groups is 2. The lowest BCUT2D eigenvalue weighted by atomic mass is 9.98. The largest absolute Gasteiger partial charge is 0.492 e. The van der Waals surface area contributed by atoms with Crippen LogP contribution < -0.4 is 14.5 Å². The number of rotatable bonds is 2. The van der Waals surface area contributed by atoms with Gasteiger partial charge in [-0.1, -0.05) is 24.3 Å². The minimum Gasteiger partial charge on any atom is -0.492 e. The molecule has 0 bridgehead atoms. The molecule has 6 nitrogen and oxygen atoms in total. The van der Waals surface area contributed by atoms with Crippen LogP contribution in [0.1, 0.15) is 30.0 Å². The molecule has 2 aliphatic heterocycles. The van der Waals surface area contributed by atoms with Crippen LogP contribution in [0.25, 0.3) is 11.1 Å². The Morgan fingerprint density at radius 1 is 1.07 bits per heavy atom. The monoisotopic (exact) mass is 402 g/mol. The lowest BCUT2D eigenvalue weighted by molar-refractivity contribution is -0.117. The molecule has 0 saturated heterocycles. The van der Waals surface area contributed by atoms with Crippen molar-refractivity contribution in [1.82, 2.24) is 0 Å². The fourth-order valence-corrected chi connectivity index (χ4v) is 4.44. The van der Waals surface area contributed by atoms with Crippen LogP contribution in [0.3, 0.4) is 0 Å². The maximum atomic E-state index is 13.2. The van der Waals surface area contributed by atoms with Gasteiger partial charge in [-0.05, 0) is 42.3 Å². The number of nitrogens with zero attached hydrogens (tertiary/aromatic N) is 2. The number of benzene rings is 2. The molecule has 0 fully saturated rings. The predicted octanol–water partition coefficient (Wildman–Crippen LogP) is 4.28. The van der Waals surface area contributed by atoms with Crippen LogP contribution in [-0.4, -0.2) is 31.0 Å². The summed E-state index contributed by atoms with van der Waals surface area (Å²) in [7, 11) is 0. The highest BCUT2D eigenvalue weighted by atomic mass is 16.5. The van der Waals surface area contributed by atoms with Crippen LogP contribution in [0.15, 0.2) is 59.2 Å². The second kappa shape index (κ2) is 7.06. The van der Waals surface area contributed by atoms with Crippen molar-refractivity contribution in [3.05, 3.63) is 66.1 Å². The molecule has 5 rings (SSSR count). The number of amides is 2. The van der Waals surface area contributed by atoms with Crippen LogP contribution in [-0.2, 0) is 11.2 Å². The molecule has 1 atom stereocenters. The SMILES string of the molecule is CC(=O)N1c2ccc(-c3cccc4c3OCC4)cc2N(C(=O)c2ccco2)CC1C. The van der Waals surface area contributed by atoms with Gasteiger partial charge in [0.25, 0.3) is 5.91 Å². The van der Waals surface area contributed by atoms with Gasteiger partial charge in [-0.15, -0.1) is 0 Å². The van der Waals surface area contributed by atoms with Crippen LogP contribution in [0.2, 0.25) is 0 Å². The minimum absolute atomic E-state index is 0.0504. The van der Waals surface area contributed by atoms with Gasteiger partial charge in [0.1, 0.15) is 5.75 Å². The molecule has 0 N–H and O–H groups in total. The van der Waals surface area contributed by atoms with Crippen molar-refractivity contribution in [2.24, 2.45) is 0 Å². The van der Waals surface area contributed by atoms with E-state index in [1.165, 1.54) is 11.8 Å². The molecule has 1 unspecified atom stereocenters. The molecule has 3 aromatic rings. The molecule has 152 valence electrons. The summed E-state index contributed by atoms with van der Waals surface area (Å²) in [6, 6.07) is 15.2. The lowest BCUT2D eigenvalue weighted by Crippen LogP contribution is -2.51. The van der Waals surface area contributed by atoms with E-state index in [4.69, 9.17) is 9.15 Å². The van der Waals surface area contributed by atoms with E-state index in [1.54, 1.807) is 28.9 Å². The third-order valence-electron chi connectivity index (χ3n) is 5.76. The molecule has 0 spiro atoms. The van der Waals surface area contributed by atoms with E-state index < -0.39 is 0 Å². The average molecular weight is 402 g/mol. The van der Waals surface area contributed by atoms with Crippen molar-refractivity contribution in [2.45, 2.75) is 26.3 Å². The Labute approximate surface area is 174 Å². The Morgan fingerprint density at radius 3 is 2.70 bits per heavy atom. The van der Waals surface area contributed by atoms with Crippen LogP contribution in [0, 0.1) is 0 Å². The molecule has 2 amide bonds. The van der Waals surface area contributed by atoms with Crippen molar-refractivity contribution in [1.29, 1.82) is 0 Å². The number of carbonyl (C=O) groups excluding carboxylic acids is 2. The zero-order chi connectivity index (χ0) is 20.8. The zero-order valence-corrected chi connectivity index (χ0v) is 16.9. The van der Waals surface area contributed by atoms with E-state index in [0.29, 0.717) is 18.8 Å². The average Bonchev–Trinajstić information content (AvgIpc) is 3.43. The molecule has 30 heavy (non-hydrogen) atoms. The van der Waals surface area contributed by atoms with Crippen LogP contribution >= 0.6 is 0 Å². The predicted molar refractivity (Wildman–Crippen MR) is 114 cm³/mol. The van der Waals surface area contributed by atoms with Gasteiger partial charge in [0.15, 0.2) is 5.76 Å². The summed E-state index contributed by atoms with van der Waals surface area (Å²) in [4.78, 5) is 29.0. The maximum absolute atomic E-state index is 13.2. The molecule has 3 heterocycles. The van der Waals surface area contributed by atoms with Gasteiger partial charge in [-0.2, -0.15) is 0 Å². The lowest BCUT2D eigenvalue weighted by Gasteiger charge is -2.40. The molecule has 6 heteroatoms. The smallest absolute Gasteiger partial charge is 0.294 e. The number of hydrogen-bond acceptors (Lipinski definition) is 4. The summed E-state index contributed by atoms with van der Waals surface area (Å²) in [6.45, 7) is 4.56. The number of furan rings is 1. The van der Waals surface area contributed by atoms with E-state index in [1.807, 2.05) is 37.3 Å². The Balaban J connectivity index is 1.66. The van der Waals surface area contributed by atoms with Crippen LogP contribution in [0.5, 0.6) is 5.75 Å². The van der Waals surface area contributed by atoms with Crippen molar-refractivity contribution >= 4 is 23.2 Å². The van der Waals surface area contributed by atoms with Crippen molar-refractivity contribution < 1.29 is 18.7 Å². The fourth-order valence-electron chi connectivity index (χ4n) is 4.44. The van der Waals surface area contributed by atoms with Crippen LogP contribution in [0.4, 0.5) is 11.4 Å². The second-order valence-corrected chi connectivity index (χ2v) is 7.73. The normalized spacial score (nSPS) is 17.3. The van der Waals surface area contributed by atoms with Gasteiger partial charge in [-0.25, -0.2) is 0 Å². The first-order valence-corrected chi connectivity index (χ1v) is 10.1. The summed E-state index contributed by atoms with van der Waals surface area (Å²) in [6.07, 6.45) is 2.39. The van der Waals surface area contributed by atoms with E-state index in [0.717, 1.165) is 29.0 Å². The Kier molecular flexibility index (Phi) is 4.35. The number of ether oxygens (including phenoxy) is 1. The van der Waals surface area contributed by atoms with Crippen molar-refractivity contribution in [3.63, 3.8) is 0 Å². The van der Waals surface area contributed by atoms with Gasteiger partial charge >= 0.3 is 0 Å². The van der Waals surface area contributed by atoms with E-state index in [2.05, 4.69) is 6.07 Å². The van der Waals surface area contributed by atoms with Gasteiger partial charge in [-0.3, -0.25) is 9.59 Å². The Morgan fingerprint density at radius 2 is 1.93 bits per heavy atom. The van der Waals surface area contributed by atoms with Gasteiger partial charge in [0.05, 0.1) is 30.3 Å². The number of fused-ring (bicyclic) bond motifs is 2. The van der Waals surface area contributed by atoms with E-state index in [9.17, 15) is 9.59 Å². The van der Waals surface area contributed by atoms with E-state index in [-0.39, 0.29) is 23.6 Å². The maximum Gasteiger partial charge on any atom is 0.294 e. The highest BCUT2D eigenvalue weighted by Gasteiger charge is 2.35. The van der Waals surface area contributed by atoms with Crippen molar-refractivity contribution in [2.75, 3.05) is 23.0 Å². The zero-order valence-electron chi connectivity index (χ0n) is 16.9. The molecule has 0 aliphatic carbocycles. The number of para-hydroxylation sites is 1. The van der Waals surface area contributed by atoms with Gasteiger partial charge in [0.2, 0.25) is 5.91 Å². The molecular weight excluding hydrogens is 380 g/mol. The summed E-state index contributed by atoms with van der Waals surface area (Å²) in [5, 5.41) is 0. The van der Waals surface area contributed by atoms with E-state index >= 15 is 0 Å². The Hall–Kier alpha value is -3.54. The summed E-state index contributed by atoms with van der Waals surface area (Å²) >= 11 is 0. The third kappa shape index (κ3) is 2.87. The van der Waals surface area contributed by atoms with Gasteiger partial charge in [0, 0.05) is 25.5 Å². The van der Waals surface area contributed by atoms with Gasteiger partial charge < -0.3 is 19.0 Å². The molecule has 2 aliphatic rings. The standard InChI is InChI=1S/C24H22N2O4/c1-15-14-25(24(28)22-7-4-11-29-22)21-13-18(8-9-20(21)26(15)16(2)27)19-6-3-5-17-10-12-30-23(17)19/h3-9,11,13,15H,10,12,14H2,1-2H3. The first kappa shape index (κ1) is 18.5. The molecular formula is C24H22N2O4. The quantitative estimate of drug-likeness (QED) is 0.642. The topological polar surface area (TPSA) is 63.0 Å².